The van der Waals surface area contributed by atoms with Gasteiger partial charge in [-0.05, 0) is 31.4 Å². The number of nitro groups is 1. The molecule has 0 saturated heterocycles. The maximum Gasteiger partial charge on any atom is 0.292 e. The molecule has 2 atom stereocenters. The number of hydrogen-bond donors (Lipinski definition) is 2. The van der Waals surface area contributed by atoms with E-state index in [-0.39, 0.29) is 29.4 Å². The second-order valence-electron chi connectivity index (χ2n) is 4.82. The summed E-state index contributed by atoms with van der Waals surface area (Å²) in [6.07, 6.45) is 2.82. The minimum absolute atomic E-state index is 0.0163. The normalized spacial score (nSPS) is 21.6. The maximum atomic E-state index is 12.1. The van der Waals surface area contributed by atoms with Crippen molar-refractivity contribution in [1.29, 1.82) is 0 Å². The minimum atomic E-state index is -0.574. The van der Waals surface area contributed by atoms with Crippen LogP contribution in [0, 0.1) is 10.1 Å². The number of ether oxygens (including phenoxy) is 1. The molecule has 1 aromatic carbocycles. The number of nitrogens with one attached hydrogen (secondary N) is 1. The van der Waals surface area contributed by atoms with Crippen molar-refractivity contribution in [2.24, 2.45) is 0 Å². The molecule has 7 nitrogen and oxygen atoms in total. The molecule has 2 unspecified atom stereocenters. The topological polar surface area (TPSA) is 107 Å². The van der Waals surface area contributed by atoms with Gasteiger partial charge in [-0.3, -0.25) is 14.9 Å². The molecule has 1 aliphatic carbocycles. The largest absolute Gasteiger partial charge is 0.393 e. The number of methoxy groups -OCH3 is 1. The van der Waals surface area contributed by atoms with Crippen molar-refractivity contribution in [1.82, 2.24) is 5.32 Å². The Bertz CT molecular complexity index is 532. The number of hydrogen-bond acceptors (Lipinski definition) is 5. The predicted molar refractivity (Wildman–Crippen MR) is 73.4 cm³/mol. The quantitative estimate of drug-likeness (QED) is 0.493. The van der Waals surface area contributed by atoms with Crippen LogP contribution in [-0.4, -0.2) is 30.1 Å². The van der Waals surface area contributed by atoms with Gasteiger partial charge in [-0.25, -0.2) is 0 Å². The molecule has 1 fully saturated rings. The Morgan fingerprint density at radius 2 is 2.25 bits per heavy atom. The number of nitro benzene ring substituents is 1. The van der Waals surface area contributed by atoms with E-state index in [0.29, 0.717) is 5.56 Å². The highest BCUT2D eigenvalue weighted by molar-refractivity contribution is 5.96. The molecule has 1 amide bonds. The van der Waals surface area contributed by atoms with E-state index >= 15 is 0 Å². The molecule has 0 aromatic heterocycles. The highest BCUT2D eigenvalue weighted by Crippen LogP contribution is 2.24. The lowest BCUT2D eigenvalue weighted by Gasteiger charge is -2.19. The summed E-state index contributed by atoms with van der Waals surface area (Å²) in [4.78, 5) is 22.2. The number of nitrogens with two attached hydrogens (primary N) is 1. The first kappa shape index (κ1) is 14.3. The first-order valence-electron chi connectivity index (χ1n) is 6.40. The van der Waals surface area contributed by atoms with E-state index < -0.39 is 4.92 Å². The fourth-order valence-corrected chi connectivity index (χ4v) is 2.49. The number of anilines is 1. The maximum absolute atomic E-state index is 12.1. The zero-order valence-electron chi connectivity index (χ0n) is 11.2. The lowest BCUT2D eigenvalue weighted by molar-refractivity contribution is -0.383. The van der Waals surface area contributed by atoms with Crippen LogP contribution in [-0.2, 0) is 4.74 Å². The van der Waals surface area contributed by atoms with Crippen LogP contribution in [0.2, 0.25) is 0 Å². The number of benzene rings is 1. The summed E-state index contributed by atoms with van der Waals surface area (Å²) in [6, 6.07) is 3.95. The van der Waals surface area contributed by atoms with E-state index in [1.54, 1.807) is 7.11 Å². The van der Waals surface area contributed by atoms with E-state index in [9.17, 15) is 14.9 Å². The highest BCUT2D eigenvalue weighted by Gasteiger charge is 2.28. The van der Waals surface area contributed by atoms with E-state index in [4.69, 9.17) is 10.5 Å². The van der Waals surface area contributed by atoms with Gasteiger partial charge in [0, 0.05) is 18.7 Å². The molecule has 1 aromatic rings. The molecule has 3 N–H and O–H groups in total. The zero-order valence-corrected chi connectivity index (χ0v) is 11.2. The van der Waals surface area contributed by atoms with E-state index in [2.05, 4.69) is 5.32 Å². The number of nitrogens with zero attached hydrogens (tertiary/aromatic N) is 1. The second-order valence-corrected chi connectivity index (χ2v) is 4.82. The molecule has 2 rings (SSSR count). The van der Waals surface area contributed by atoms with Gasteiger partial charge in [-0.1, -0.05) is 0 Å². The Labute approximate surface area is 116 Å². The molecule has 1 aliphatic rings. The van der Waals surface area contributed by atoms with Gasteiger partial charge in [0.2, 0.25) is 0 Å². The van der Waals surface area contributed by atoms with Crippen molar-refractivity contribution in [3.8, 4) is 0 Å². The minimum Gasteiger partial charge on any atom is -0.393 e. The third-order valence-corrected chi connectivity index (χ3v) is 3.56. The molecular formula is C13H17N3O4. The van der Waals surface area contributed by atoms with Crippen LogP contribution in [0.4, 0.5) is 11.4 Å². The van der Waals surface area contributed by atoms with Crippen LogP contribution in [0.5, 0.6) is 0 Å². The second kappa shape index (κ2) is 5.87. The summed E-state index contributed by atoms with van der Waals surface area (Å²) in [5.41, 5.74) is 5.68. The molecule has 0 heterocycles. The van der Waals surface area contributed by atoms with Gasteiger partial charge in [0.25, 0.3) is 11.6 Å². The molecule has 0 radical (unpaired) electrons. The van der Waals surface area contributed by atoms with Gasteiger partial charge in [-0.15, -0.1) is 0 Å². The Kier molecular flexibility index (Phi) is 4.19. The van der Waals surface area contributed by atoms with Crippen molar-refractivity contribution in [2.45, 2.75) is 31.4 Å². The smallest absolute Gasteiger partial charge is 0.292 e. The first-order chi connectivity index (χ1) is 9.52. The summed E-state index contributed by atoms with van der Waals surface area (Å²) < 4.78 is 5.31. The highest BCUT2D eigenvalue weighted by atomic mass is 16.6. The molecule has 1 saturated carbocycles. The zero-order chi connectivity index (χ0) is 14.7. The fraction of sp³-hybridized carbons (Fsp3) is 0.462. The number of nitrogen functional groups attached to an aromatic ring is 1. The van der Waals surface area contributed by atoms with E-state index in [1.807, 2.05) is 0 Å². The summed E-state index contributed by atoms with van der Waals surface area (Å²) in [6.45, 7) is 0. The van der Waals surface area contributed by atoms with Crippen LogP contribution < -0.4 is 11.1 Å². The average Bonchev–Trinajstić information content (AvgIpc) is 2.85. The lowest BCUT2D eigenvalue weighted by atomic mass is 10.1. The standard InChI is InChI=1S/C13H17N3O4/c1-20-12-4-2-3-10(12)15-13(17)8-5-6-11(16(18)19)9(14)7-8/h5-7,10,12H,2-4,14H2,1H3,(H,15,17). The predicted octanol–water partition coefficient (Wildman–Crippen LogP) is 1.47. The molecule has 7 heteroatoms. The fourth-order valence-electron chi connectivity index (χ4n) is 2.49. The molecule has 0 aliphatic heterocycles. The van der Waals surface area contributed by atoms with E-state index in [0.717, 1.165) is 19.3 Å². The third-order valence-electron chi connectivity index (χ3n) is 3.56. The van der Waals surface area contributed by atoms with Crippen molar-refractivity contribution in [3.63, 3.8) is 0 Å². The van der Waals surface area contributed by atoms with Crippen molar-refractivity contribution < 1.29 is 14.5 Å². The number of amides is 1. The van der Waals surface area contributed by atoms with Crippen LogP contribution in [0.25, 0.3) is 0 Å². The molecule has 108 valence electrons. The third kappa shape index (κ3) is 2.88. The van der Waals surface area contributed by atoms with Crippen molar-refractivity contribution >= 4 is 17.3 Å². The van der Waals surface area contributed by atoms with Gasteiger partial charge < -0.3 is 15.8 Å². The molecule has 0 bridgehead atoms. The Hall–Kier alpha value is -2.15. The van der Waals surface area contributed by atoms with Gasteiger partial charge in [0.05, 0.1) is 17.1 Å². The van der Waals surface area contributed by atoms with E-state index in [1.165, 1.54) is 18.2 Å². The van der Waals surface area contributed by atoms with Crippen molar-refractivity contribution in [2.75, 3.05) is 12.8 Å². The number of carbonyl (C=O) groups excluding carboxylic acids is 1. The molecule has 0 spiro atoms. The molecule has 20 heavy (non-hydrogen) atoms. The Balaban J connectivity index is 2.10. The summed E-state index contributed by atoms with van der Waals surface area (Å²) >= 11 is 0. The van der Waals surface area contributed by atoms with Gasteiger partial charge >= 0.3 is 0 Å². The van der Waals surface area contributed by atoms with Crippen LogP contribution in [0.1, 0.15) is 29.6 Å². The lowest BCUT2D eigenvalue weighted by Crippen LogP contribution is -2.40. The summed E-state index contributed by atoms with van der Waals surface area (Å²) in [7, 11) is 1.62. The number of carbonyl (C=O) groups is 1. The summed E-state index contributed by atoms with van der Waals surface area (Å²) in [5, 5.41) is 13.6. The van der Waals surface area contributed by atoms with Gasteiger partial charge in [-0.2, -0.15) is 0 Å². The Morgan fingerprint density at radius 1 is 1.50 bits per heavy atom. The monoisotopic (exact) mass is 279 g/mol. The van der Waals surface area contributed by atoms with Crippen LogP contribution >= 0.6 is 0 Å². The van der Waals surface area contributed by atoms with Crippen molar-refractivity contribution in [3.05, 3.63) is 33.9 Å². The Morgan fingerprint density at radius 3 is 2.85 bits per heavy atom. The van der Waals surface area contributed by atoms with Crippen LogP contribution in [0.15, 0.2) is 18.2 Å². The van der Waals surface area contributed by atoms with Crippen LogP contribution in [0.3, 0.4) is 0 Å². The average molecular weight is 279 g/mol. The first-order valence-corrected chi connectivity index (χ1v) is 6.40. The van der Waals surface area contributed by atoms with Gasteiger partial charge in [0.1, 0.15) is 5.69 Å². The molecular weight excluding hydrogens is 262 g/mol. The van der Waals surface area contributed by atoms with Gasteiger partial charge in [0.15, 0.2) is 0 Å². The number of rotatable bonds is 4. The SMILES string of the molecule is COC1CCCC1NC(=O)c1ccc([N+](=O)[O-])c(N)c1. The summed E-state index contributed by atoms with van der Waals surface area (Å²) in [5.74, 6) is -0.291.